The van der Waals surface area contributed by atoms with Gasteiger partial charge in [-0.05, 0) is 42.2 Å². The van der Waals surface area contributed by atoms with Crippen molar-refractivity contribution in [3.8, 4) is 17.3 Å². The van der Waals surface area contributed by atoms with Gasteiger partial charge in [-0.25, -0.2) is 0 Å². The van der Waals surface area contributed by atoms with Crippen LogP contribution in [0.4, 0.5) is 0 Å². The quantitative estimate of drug-likeness (QED) is 0.235. The third kappa shape index (κ3) is 4.56. The highest BCUT2D eigenvalue weighted by atomic mass is 35.5. The molecule has 0 atom stereocenters. The fourth-order valence-corrected chi connectivity index (χ4v) is 3.51. The molecule has 0 saturated carbocycles. The molecular weight excluding hydrogens is 447 g/mol. The third-order valence-corrected chi connectivity index (χ3v) is 5.50. The number of aromatic nitrogens is 3. The lowest BCUT2D eigenvalue weighted by molar-refractivity contribution is 0.270. The van der Waals surface area contributed by atoms with Crippen LogP contribution in [0.25, 0.3) is 11.6 Å². The second-order valence-corrected chi connectivity index (χ2v) is 7.93. The van der Waals surface area contributed by atoms with Crippen molar-refractivity contribution < 1.29 is 13.6 Å². The Bertz CT molecular complexity index is 1150. The molecule has 10 heteroatoms. The van der Waals surface area contributed by atoms with E-state index in [1.165, 1.54) is 11.8 Å². The molecule has 154 valence electrons. The van der Waals surface area contributed by atoms with E-state index in [4.69, 9.17) is 36.8 Å². The van der Waals surface area contributed by atoms with Crippen molar-refractivity contribution in [1.82, 2.24) is 14.9 Å². The van der Waals surface area contributed by atoms with Crippen LogP contribution in [0.15, 0.2) is 67.8 Å². The molecule has 3 heterocycles. The van der Waals surface area contributed by atoms with E-state index in [2.05, 4.69) is 15.3 Å². The first-order valence-electron chi connectivity index (χ1n) is 8.97. The van der Waals surface area contributed by atoms with Gasteiger partial charge in [-0.2, -0.15) is 9.78 Å². The first-order chi connectivity index (χ1) is 14.7. The molecule has 0 aliphatic rings. The average molecular weight is 463 g/mol. The molecule has 0 bridgehead atoms. The van der Waals surface area contributed by atoms with Crippen LogP contribution in [-0.4, -0.2) is 26.8 Å². The zero-order valence-electron chi connectivity index (χ0n) is 15.8. The number of thioether (sulfide) groups is 1. The topological polar surface area (TPSA) is 78.6 Å². The summed E-state index contributed by atoms with van der Waals surface area (Å²) < 4.78 is 18.5. The summed E-state index contributed by atoms with van der Waals surface area (Å²) in [5.41, 5.74) is 0. The summed E-state index contributed by atoms with van der Waals surface area (Å²) >= 11 is 13.7. The van der Waals surface area contributed by atoms with E-state index in [1.54, 1.807) is 59.6 Å². The second-order valence-electron chi connectivity index (χ2n) is 5.92. The highest BCUT2D eigenvalue weighted by Gasteiger charge is 2.15. The molecule has 0 saturated heterocycles. The summed E-state index contributed by atoms with van der Waals surface area (Å²) in [5.74, 6) is 3.58. The van der Waals surface area contributed by atoms with E-state index in [0.29, 0.717) is 44.1 Å². The summed E-state index contributed by atoms with van der Waals surface area (Å²) in [6.07, 6.45) is 3.17. The number of furan rings is 2. The normalized spacial score (nSPS) is 11.4. The van der Waals surface area contributed by atoms with Crippen LogP contribution in [0.2, 0.25) is 10.0 Å². The Hall–Kier alpha value is -2.68. The number of halogens is 2. The van der Waals surface area contributed by atoms with Gasteiger partial charge in [0.25, 0.3) is 0 Å². The van der Waals surface area contributed by atoms with Crippen molar-refractivity contribution in [2.45, 2.75) is 18.7 Å². The molecule has 0 unspecified atom stereocenters. The predicted octanol–water partition coefficient (Wildman–Crippen LogP) is 6.01. The molecule has 0 aliphatic heterocycles. The van der Waals surface area contributed by atoms with Crippen molar-refractivity contribution in [3.05, 3.63) is 70.3 Å². The number of ether oxygens (including phenoxy) is 1. The highest BCUT2D eigenvalue weighted by molar-refractivity contribution is 7.99. The molecule has 4 rings (SSSR count). The molecule has 0 radical (unpaired) electrons. The van der Waals surface area contributed by atoms with Gasteiger partial charge in [0, 0.05) is 0 Å². The Labute approximate surface area is 186 Å². The SMILES string of the molecule is CCSc1nnc(-c2ccco2)n1/N=C/c1ccc(COc2cccc(Cl)c2Cl)o1. The van der Waals surface area contributed by atoms with E-state index in [1.807, 2.05) is 6.92 Å². The van der Waals surface area contributed by atoms with Crippen LogP contribution in [0, 0.1) is 0 Å². The Morgan fingerprint density at radius 1 is 1.17 bits per heavy atom. The smallest absolute Gasteiger partial charge is 0.221 e. The summed E-state index contributed by atoms with van der Waals surface area (Å²) in [7, 11) is 0. The molecule has 0 N–H and O–H groups in total. The maximum atomic E-state index is 6.14. The standard InChI is InChI=1S/C20H16Cl2N4O3S/c1-2-30-20-25-24-19(17-7-4-10-27-17)26(20)23-11-13-8-9-14(29-13)12-28-16-6-3-5-15(21)18(16)22/h3-11H,2,12H2,1H3/b23-11+. The summed E-state index contributed by atoms with van der Waals surface area (Å²) in [6, 6.07) is 12.4. The summed E-state index contributed by atoms with van der Waals surface area (Å²) in [4.78, 5) is 0. The number of nitrogens with zero attached hydrogens (tertiary/aromatic N) is 4. The number of rotatable bonds is 8. The lowest BCUT2D eigenvalue weighted by atomic mass is 10.3. The van der Waals surface area contributed by atoms with E-state index in [-0.39, 0.29) is 6.61 Å². The van der Waals surface area contributed by atoms with Crippen molar-refractivity contribution in [2.75, 3.05) is 5.75 Å². The van der Waals surface area contributed by atoms with Crippen LogP contribution in [0.1, 0.15) is 18.4 Å². The van der Waals surface area contributed by atoms with Gasteiger partial charge in [-0.1, -0.05) is 48.0 Å². The Morgan fingerprint density at radius 2 is 2.07 bits per heavy atom. The number of hydrogen-bond donors (Lipinski definition) is 0. The van der Waals surface area contributed by atoms with Crippen LogP contribution in [-0.2, 0) is 6.61 Å². The fourth-order valence-electron chi connectivity index (χ4n) is 2.55. The van der Waals surface area contributed by atoms with Gasteiger partial charge in [-0.3, -0.25) is 0 Å². The van der Waals surface area contributed by atoms with Gasteiger partial charge < -0.3 is 13.6 Å². The molecular formula is C20H16Cl2N4O3S. The zero-order valence-corrected chi connectivity index (χ0v) is 18.1. The Balaban J connectivity index is 1.50. The molecule has 7 nitrogen and oxygen atoms in total. The van der Waals surface area contributed by atoms with Gasteiger partial charge in [0.15, 0.2) is 5.76 Å². The van der Waals surface area contributed by atoms with E-state index >= 15 is 0 Å². The monoisotopic (exact) mass is 462 g/mol. The number of hydrogen-bond acceptors (Lipinski definition) is 7. The molecule has 0 spiro atoms. The van der Waals surface area contributed by atoms with Gasteiger partial charge in [0.2, 0.25) is 11.0 Å². The molecule has 4 aromatic rings. The molecule has 3 aromatic heterocycles. The molecule has 30 heavy (non-hydrogen) atoms. The van der Waals surface area contributed by atoms with E-state index in [0.717, 1.165) is 5.75 Å². The van der Waals surface area contributed by atoms with Crippen molar-refractivity contribution in [1.29, 1.82) is 0 Å². The van der Waals surface area contributed by atoms with E-state index < -0.39 is 0 Å². The number of benzene rings is 1. The van der Waals surface area contributed by atoms with Crippen LogP contribution in [0.5, 0.6) is 5.75 Å². The highest BCUT2D eigenvalue weighted by Crippen LogP contribution is 2.32. The Morgan fingerprint density at radius 3 is 2.87 bits per heavy atom. The summed E-state index contributed by atoms with van der Waals surface area (Å²) in [6.45, 7) is 2.24. The van der Waals surface area contributed by atoms with Crippen molar-refractivity contribution >= 4 is 41.2 Å². The zero-order chi connectivity index (χ0) is 20.9. The van der Waals surface area contributed by atoms with Gasteiger partial charge in [0.05, 0.1) is 17.5 Å². The third-order valence-electron chi connectivity index (χ3n) is 3.90. The minimum atomic E-state index is 0.203. The first-order valence-corrected chi connectivity index (χ1v) is 10.7. The lowest BCUT2D eigenvalue weighted by Gasteiger charge is -2.07. The maximum absolute atomic E-state index is 6.14. The maximum Gasteiger partial charge on any atom is 0.221 e. The van der Waals surface area contributed by atoms with Gasteiger partial charge in [-0.15, -0.1) is 10.2 Å². The van der Waals surface area contributed by atoms with E-state index in [9.17, 15) is 0 Å². The second kappa shape index (κ2) is 9.42. The molecule has 0 fully saturated rings. The van der Waals surface area contributed by atoms with Crippen molar-refractivity contribution in [3.63, 3.8) is 0 Å². The summed E-state index contributed by atoms with van der Waals surface area (Å²) in [5, 5.41) is 14.3. The Kier molecular flexibility index (Phi) is 6.47. The molecule has 0 amide bonds. The predicted molar refractivity (Wildman–Crippen MR) is 117 cm³/mol. The van der Waals surface area contributed by atoms with Crippen LogP contribution in [0.3, 0.4) is 0 Å². The minimum absolute atomic E-state index is 0.203. The van der Waals surface area contributed by atoms with Crippen molar-refractivity contribution in [2.24, 2.45) is 5.10 Å². The minimum Gasteiger partial charge on any atom is -0.484 e. The van der Waals surface area contributed by atoms with Gasteiger partial charge >= 0.3 is 0 Å². The van der Waals surface area contributed by atoms with Crippen LogP contribution < -0.4 is 4.74 Å². The molecule has 1 aromatic carbocycles. The fraction of sp³-hybridized carbons (Fsp3) is 0.150. The van der Waals surface area contributed by atoms with Gasteiger partial charge in [0.1, 0.15) is 28.9 Å². The van der Waals surface area contributed by atoms with Crippen LogP contribution >= 0.6 is 35.0 Å². The first kappa shape index (κ1) is 20.6. The molecule has 0 aliphatic carbocycles. The largest absolute Gasteiger partial charge is 0.484 e. The lowest BCUT2D eigenvalue weighted by Crippen LogP contribution is -1.96. The average Bonchev–Trinajstić information content (AvgIpc) is 3.49.